The molecular weight excluding hydrogens is 160 g/mol. The van der Waals surface area contributed by atoms with E-state index in [4.69, 9.17) is 5.73 Å². The Labute approximate surface area is 80.1 Å². The van der Waals surface area contributed by atoms with Crippen LogP contribution in [0.15, 0.2) is 24.3 Å². The molecule has 13 heavy (non-hydrogen) atoms. The van der Waals surface area contributed by atoms with Gasteiger partial charge in [0.1, 0.15) is 0 Å². The molecule has 0 aliphatic rings. The van der Waals surface area contributed by atoms with Gasteiger partial charge in [-0.3, -0.25) is 5.32 Å². The highest BCUT2D eigenvalue weighted by Crippen LogP contribution is 2.14. The summed E-state index contributed by atoms with van der Waals surface area (Å²) in [7, 11) is 0. The van der Waals surface area contributed by atoms with E-state index in [1.54, 1.807) is 0 Å². The molecule has 0 saturated carbocycles. The van der Waals surface area contributed by atoms with Crippen molar-refractivity contribution < 1.29 is 0 Å². The zero-order valence-electron chi connectivity index (χ0n) is 8.38. The van der Waals surface area contributed by atoms with Crippen LogP contribution in [0.2, 0.25) is 0 Å². The lowest BCUT2D eigenvalue weighted by Crippen LogP contribution is -2.29. The minimum absolute atomic E-state index is 0.0267. The molecule has 1 unspecified atom stereocenters. The lowest BCUT2D eigenvalue weighted by molar-refractivity contribution is 0.569. The fourth-order valence-corrected chi connectivity index (χ4v) is 1.49. The van der Waals surface area contributed by atoms with Gasteiger partial charge in [0.25, 0.3) is 0 Å². The lowest BCUT2D eigenvalue weighted by atomic mass is 10.0. The van der Waals surface area contributed by atoms with Crippen molar-refractivity contribution in [2.75, 3.05) is 6.54 Å². The van der Waals surface area contributed by atoms with Gasteiger partial charge in [-0.05, 0) is 24.1 Å². The topological polar surface area (TPSA) is 38.0 Å². The van der Waals surface area contributed by atoms with Crippen molar-refractivity contribution in [2.45, 2.75) is 26.4 Å². The number of hydrogen-bond donors (Lipinski definition) is 2. The largest absolute Gasteiger partial charge is 0.312 e. The van der Waals surface area contributed by atoms with Gasteiger partial charge in [0.05, 0.1) is 6.17 Å². The minimum atomic E-state index is -0.0267. The maximum atomic E-state index is 5.97. The van der Waals surface area contributed by atoms with E-state index < -0.39 is 0 Å². The smallest absolute Gasteiger partial charge is 0.0812 e. The highest BCUT2D eigenvalue weighted by atomic mass is 15.0. The molecule has 1 rings (SSSR count). The zero-order valence-corrected chi connectivity index (χ0v) is 8.38. The maximum Gasteiger partial charge on any atom is 0.0812 e. The Morgan fingerprint density at radius 1 is 1.31 bits per heavy atom. The molecule has 0 aliphatic carbocycles. The Hall–Kier alpha value is -0.860. The second-order valence-electron chi connectivity index (χ2n) is 3.09. The van der Waals surface area contributed by atoms with Crippen molar-refractivity contribution >= 4 is 0 Å². The van der Waals surface area contributed by atoms with Crippen LogP contribution in [0.1, 0.15) is 31.1 Å². The van der Waals surface area contributed by atoms with Crippen molar-refractivity contribution in [3.63, 3.8) is 0 Å². The monoisotopic (exact) mass is 178 g/mol. The first kappa shape index (κ1) is 10.2. The molecule has 2 heteroatoms. The van der Waals surface area contributed by atoms with Crippen molar-refractivity contribution in [3.05, 3.63) is 35.4 Å². The zero-order chi connectivity index (χ0) is 9.68. The Kier molecular flexibility index (Phi) is 3.93. The normalized spacial score (nSPS) is 12.8. The van der Waals surface area contributed by atoms with Gasteiger partial charge in [-0.25, -0.2) is 0 Å². The Morgan fingerprint density at radius 3 is 2.62 bits per heavy atom. The van der Waals surface area contributed by atoms with Gasteiger partial charge in [0.2, 0.25) is 0 Å². The highest BCUT2D eigenvalue weighted by molar-refractivity contribution is 5.29. The summed E-state index contributed by atoms with van der Waals surface area (Å²) in [6.45, 7) is 5.12. The van der Waals surface area contributed by atoms with Gasteiger partial charge in [-0.2, -0.15) is 0 Å². The molecule has 0 saturated heterocycles. The summed E-state index contributed by atoms with van der Waals surface area (Å²) < 4.78 is 0. The first-order valence-electron chi connectivity index (χ1n) is 4.86. The third-order valence-corrected chi connectivity index (χ3v) is 2.20. The Balaban J connectivity index is 2.85. The highest BCUT2D eigenvalue weighted by Gasteiger charge is 2.06. The molecule has 0 spiro atoms. The van der Waals surface area contributed by atoms with Crippen LogP contribution < -0.4 is 11.1 Å². The molecule has 0 aromatic heterocycles. The van der Waals surface area contributed by atoms with Gasteiger partial charge in [0.15, 0.2) is 0 Å². The molecule has 1 aromatic rings. The van der Waals surface area contributed by atoms with E-state index in [9.17, 15) is 0 Å². The van der Waals surface area contributed by atoms with Crippen molar-refractivity contribution in [2.24, 2.45) is 5.73 Å². The van der Waals surface area contributed by atoms with E-state index in [0.29, 0.717) is 0 Å². The minimum Gasteiger partial charge on any atom is -0.312 e. The van der Waals surface area contributed by atoms with E-state index in [0.717, 1.165) is 13.0 Å². The molecule has 3 N–H and O–H groups in total. The summed E-state index contributed by atoms with van der Waals surface area (Å²) >= 11 is 0. The van der Waals surface area contributed by atoms with Crippen molar-refractivity contribution in [1.82, 2.24) is 5.32 Å². The van der Waals surface area contributed by atoms with Gasteiger partial charge in [0, 0.05) is 0 Å². The van der Waals surface area contributed by atoms with E-state index in [-0.39, 0.29) is 6.17 Å². The molecule has 0 heterocycles. The fourth-order valence-electron chi connectivity index (χ4n) is 1.49. The average molecular weight is 178 g/mol. The van der Waals surface area contributed by atoms with Gasteiger partial charge >= 0.3 is 0 Å². The Morgan fingerprint density at radius 2 is 2.00 bits per heavy atom. The van der Waals surface area contributed by atoms with Gasteiger partial charge in [-0.15, -0.1) is 0 Å². The van der Waals surface area contributed by atoms with E-state index >= 15 is 0 Å². The SMILES string of the molecule is CCNC(N)c1ccccc1CC. The van der Waals surface area contributed by atoms with Crippen LogP contribution in [-0.2, 0) is 6.42 Å². The molecule has 0 aliphatic heterocycles. The predicted molar refractivity (Wildman–Crippen MR) is 56.4 cm³/mol. The third kappa shape index (κ3) is 2.54. The van der Waals surface area contributed by atoms with Crippen LogP contribution in [-0.4, -0.2) is 6.54 Å². The number of nitrogens with one attached hydrogen (secondary N) is 1. The number of benzene rings is 1. The summed E-state index contributed by atoms with van der Waals surface area (Å²) in [6, 6.07) is 8.31. The van der Waals surface area contributed by atoms with E-state index in [1.807, 2.05) is 6.07 Å². The van der Waals surface area contributed by atoms with Crippen LogP contribution in [0.5, 0.6) is 0 Å². The first-order valence-corrected chi connectivity index (χ1v) is 4.86. The fraction of sp³-hybridized carbons (Fsp3) is 0.455. The molecule has 72 valence electrons. The van der Waals surface area contributed by atoms with Gasteiger partial charge < -0.3 is 5.73 Å². The van der Waals surface area contributed by atoms with Crippen molar-refractivity contribution in [3.8, 4) is 0 Å². The average Bonchev–Trinajstić information content (AvgIpc) is 2.18. The van der Waals surface area contributed by atoms with Crippen LogP contribution >= 0.6 is 0 Å². The predicted octanol–water partition coefficient (Wildman–Crippen LogP) is 1.82. The molecular formula is C11H18N2. The molecule has 0 fully saturated rings. The lowest BCUT2D eigenvalue weighted by Gasteiger charge is -2.16. The molecule has 1 atom stereocenters. The molecule has 0 bridgehead atoms. The molecule has 1 aromatic carbocycles. The number of rotatable bonds is 4. The van der Waals surface area contributed by atoms with E-state index in [1.165, 1.54) is 11.1 Å². The second-order valence-corrected chi connectivity index (χ2v) is 3.09. The van der Waals surface area contributed by atoms with Crippen LogP contribution in [0, 0.1) is 0 Å². The van der Waals surface area contributed by atoms with Gasteiger partial charge in [-0.1, -0.05) is 38.1 Å². The summed E-state index contributed by atoms with van der Waals surface area (Å²) in [5, 5.41) is 3.21. The summed E-state index contributed by atoms with van der Waals surface area (Å²) in [6.07, 6.45) is 1.01. The summed E-state index contributed by atoms with van der Waals surface area (Å²) in [4.78, 5) is 0. The van der Waals surface area contributed by atoms with Crippen LogP contribution in [0.25, 0.3) is 0 Å². The molecule has 0 radical (unpaired) electrons. The maximum absolute atomic E-state index is 5.97. The Bertz CT molecular complexity index is 258. The summed E-state index contributed by atoms with van der Waals surface area (Å²) in [5.41, 5.74) is 8.52. The van der Waals surface area contributed by atoms with Crippen LogP contribution in [0.3, 0.4) is 0 Å². The summed E-state index contributed by atoms with van der Waals surface area (Å²) in [5.74, 6) is 0. The molecule has 0 amide bonds. The molecule has 2 nitrogen and oxygen atoms in total. The number of aryl methyl sites for hydroxylation is 1. The number of hydrogen-bond acceptors (Lipinski definition) is 2. The van der Waals surface area contributed by atoms with E-state index in [2.05, 4.69) is 37.4 Å². The number of nitrogens with two attached hydrogens (primary N) is 1. The van der Waals surface area contributed by atoms with Crippen LogP contribution in [0.4, 0.5) is 0 Å². The third-order valence-electron chi connectivity index (χ3n) is 2.20. The second kappa shape index (κ2) is 5.00. The standard InChI is InChI=1S/C11H18N2/c1-3-9-7-5-6-8-10(9)11(12)13-4-2/h5-8,11,13H,3-4,12H2,1-2H3. The first-order chi connectivity index (χ1) is 6.29. The quantitative estimate of drug-likeness (QED) is 0.690. The van der Waals surface area contributed by atoms with Crippen molar-refractivity contribution in [1.29, 1.82) is 0 Å².